The molecule has 10 rings (SSSR count). The number of carbonyl (C=O) groups excluding carboxylic acids is 4. The predicted molar refractivity (Wildman–Crippen MR) is 276 cm³/mol. The summed E-state index contributed by atoms with van der Waals surface area (Å²) in [5.41, 5.74) is 6.48. The SMILES string of the molecule is Cc1ccc(N[C@H]2CNC[C@@H]2O)cc1C(=O)N[C@H](C)c1ccc(C#CC2CCN(CC3CCN(C(=O)C4CCN(c5ccc6c(c5)n(C)c(=O)n6C5CCC(=O)NC5=O)CC4)CC3)CC2)c2ccccc12. The Morgan fingerprint density at radius 1 is 0.831 bits per heavy atom. The predicted octanol–water partition coefficient (Wildman–Crippen LogP) is 5.23. The smallest absolute Gasteiger partial charge is 0.329 e. The minimum Gasteiger partial charge on any atom is -0.390 e. The zero-order chi connectivity index (χ0) is 49.3. The molecule has 1 aromatic heterocycles. The molecule has 5 fully saturated rings. The van der Waals surface area contributed by atoms with Gasteiger partial charge in [0.1, 0.15) is 6.04 Å². The van der Waals surface area contributed by atoms with Crippen LogP contribution >= 0.6 is 0 Å². The van der Waals surface area contributed by atoms with Gasteiger partial charge < -0.3 is 35.8 Å². The van der Waals surface area contributed by atoms with Crippen molar-refractivity contribution in [3.63, 3.8) is 0 Å². The number of fused-ring (bicyclic) bond motifs is 2. The minimum absolute atomic E-state index is 0.00967. The Hall–Kier alpha value is -6.47. The second-order valence-corrected chi connectivity index (χ2v) is 20.7. The number of nitrogens with one attached hydrogen (secondary N) is 4. The number of aromatic nitrogens is 2. The van der Waals surface area contributed by atoms with Crippen LogP contribution in [0.3, 0.4) is 0 Å². The number of piperidine rings is 4. The largest absolute Gasteiger partial charge is 0.390 e. The Bertz CT molecular complexity index is 2960. The molecule has 1 unspecified atom stereocenters. The lowest BCUT2D eigenvalue weighted by Crippen LogP contribution is -2.47. The molecule has 15 heteroatoms. The molecule has 4 amide bonds. The number of benzene rings is 4. The van der Waals surface area contributed by atoms with Gasteiger partial charge in [-0.15, -0.1) is 0 Å². The Morgan fingerprint density at radius 2 is 1.59 bits per heavy atom. The van der Waals surface area contributed by atoms with Crippen LogP contribution in [0, 0.1) is 36.5 Å². The number of anilines is 2. The van der Waals surface area contributed by atoms with Gasteiger partial charge in [0.15, 0.2) is 0 Å². The fourth-order valence-electron chi connectivity index (χ4n) is 11.7. The first kappa shape index (κ1) is 48.2. The summed E-state index contributed by atoms with van der Waals surface area (Å²) in [6.45, 7) is 11.5. The average Bonchev–Trinajstić information content (AvgIpc) is 3.90. The van der Waals surface area contributed by atoms with E-state index in [1.54, 1.807) is 11.6 Å². The zero-order valence-corrected chi connectivity index (χ0v) is 41.2. The van der Waals surface area contributed by atoms with E-state index >= 15 is 0 Å². The van der Waals surface area contributed by atoms with Crippen molar-refractivity contribution in [2.75, 3.05) is 69.1 Å². The molecular formula is C56H67N9O6. The van der Waals surface area contributed by atoms with Crippen LogP contribution in [0.15, 0.2) is 77.6 Å². The van der Waals surface area contributed by atoms with E-state index in [2.05, 4.69) is 72.1 Å². The maximum atomic E-state index is 13.8. The van der Waals surface area contributed by atoms with Gasteiger partial charge in [0.25, 0.3) is 5.91 Å². The van der Waals surface area contributed by atoms with Crippen molar-refractivity contribution in [3.8, 4) is 11.8 Å². The van der Waals surface area contributed by atoms with E-state index in [0.29, 0.717) is 42.4 Å². The van der Waals surface area contributed by atoms with Gasteiger partial charge in [-0.2, -0.15) is 0 Å². The second-order valence-electron chi connectivity index (χ2n) is 20.7. The summed E-state index contributed by atoms with van der Waals surface area (Å²) >= 11 is 0. The molecule has 0 bridgehead atoms. The van der Waals surface area contributed by atoms with Crippen molar-refractivity contribution in [1.29, 1.82) is 0 Å². The summed E-state index contributed by atoms with van der Waals surface area (Å²) in [7, 11) is 1.71. The normalized spacial score (nSPS) is 22.3. The maximum absolute atomic E-state index is 13.8. The number of imidazole rings is 1. The van der Waals surface area contributed by atoms with Crippen molar-refractivity contribution in [1.82, 2.24) is 34.9 Å². The Labute approximate surface area is 415 Å². The van der Waals surface area contributed by atoms with E-state index in [4.69, 9.17) is 0 Å². The van der Waals surface area contributed by atoms with Crippen LogP contribution in [0.25, 0.3) is 21.8 Å². The molecule has 372 valence electrons. The Morgan fingerprint density at radius 3 is 2.32 bits per heavy atom. The van der Waals surface area contributed by atoms with Gasteiger partial charge in [-0.1, -0.05) is 48.2 Å². The second kappa shape index (κ2) is 20.7. The first-order valence-electron chi connectivity index (χ1n) is 25.8. The lowest BCUT2D eigenvalue weighted by molar-refractivity contribution is -0.138. The van der Waals surface area contributed by atoms with E-state index in [-0.39, 0.29) is 47.8 Å². The van der Waals surface area contributed by atoms with E-state index in [9.17, 15) is 29.1 Å². The highest BCUT2D eigenvalue weighted by Gasteiger charge is 2.34. The first-order valence-corrected chi connectivity index (χ1v) is 25.8. The fourth-order valence-corrected chi connectivity index (χ4v) is 11.7. The number of hydrogen-bond donors (Lipinski definition) is 5. The Kier molecular flexibility index (Phi) is 14.0. The molecule has 0 radical (unpaired) electrons. The van der Waals surface area contributed by atoms with Crippen LogP contribution in [0.1, 0.15) is 97.4 Å². The molecule has 0 spiro atoms. The third-order valence-electron chi connectivity index (χ3n) is 16.0. The van der Waals surface area contributed by atoms with E-state index in [0.717, 1.165) is 129 Å². The summed E-state index contributed by atoms with van der Waals surface area (Å²) in [6.07, 6.45) is 5.73. The molecule has 6 heterocycles. The number of aliphatic hydroxyl groups is 1. The van der Waals surface area contributed by atoms with Gasteiger partial charge in [0.2, 0.25) is 17.7 Å². The van der Waals surface area contributed by atoms with Crippen LogP contribution in [-0.4, -0.2) is 119 Å². The van der Waals surface area contributed by atoms with Crippen LogP contribution in [-0.2, 0) is 21.4 Å². The standard InChI is InChI=1S/C56H67N9O6/c1-35-8-12-41(59-47-32-57-33-51(47)66)30-46(35)53(68)58-36(2)43-14-11-39(44-6-4-5-7-45(43)44)10-9-37-18-24-62(25-19-37)34-38-20-26-64(27-21-38)55(70)40-22-28-63(29-23-40)42-13-15-48-50(31-42)61(3)56(71)65(48)49-16-17-52(67)60-54(49)69/h4-8,11-15,30-31,36-38,40,47,49,51,57,59,66H,16-29,32-34H2,1-3H3,(H,58,68)(H,60,67,69)/t36-,47+,49?,51+/m1/s1. The lowest BCUT2D eigenvalue weighted by Gasteiger charge is -2.39. The summed E-state index contributed by atoms with van der Waals surface area (Å²) < 4.78 is 3.08. The highest BCUT2D eigenvalue weighted by molar-refractivity contribution is 6.00. The first-order chi connectivity index (χ1) is 34.4. The third-order valence-corrected chi connectivity index (χ3v) is 16.0. The van der Waals surface area contributed by atoms with E-state index in [1.807, 2.05) is 62.4 Å². The molecule has 71 heavy (non-hydrogen) atoms. The number of aryl methyl sites for hydroxylation is 2. The topological polar surface area (TPSA) is 173 Å². The van der Waals surface area contributed by atoms with E-state index in [1.165, 1.54) is 4.57 Å². The number of amides is 4. The van der Waals surface area contributed by atoms with Gasteiger partial charge in [0.05, 0.1) is 29.2 Å². The molecule has 4 atom stereocenters. The van der Waals surface area contributed by atoms with Gasteiger partial charge in [-0.25, -0.2) is 4.79 Å². The lowest BCUT2D eigenvalue weighted by atomic mass is 9.90. The molecule has 5 aliphatic rings. The van der Waals surface area contributed by atoms with Crippen molar-refractivity contribution < 1.29 is 24.3 Å². The molecule has 5 N–H and O–H groups in total. The molecule has 15 nitrogen and oxygen atoms in total. The van der Waals surface area contributed by atoms with Crippen LogP contribution in [0.5, 0.6) is 0 Å². The fraction of sp³-hybridized carbons (Fsp3) is 0.482. The van der Waals surface area contributed by atoms with Crippen molar-refractivity contribution in [2.45, 2.75) is 89.4 Å². The number of β-amino-alcohol motifs (C(OH)–C–C–N with tert-alkyl or cyclic N) is 1. The summed E-state index contributed by atoms with van der Waals surface area (Å²) in [5, 5.41) is 24.6. The third kappa shape index (κ3) is 10.2. The van der Waals surface area contributed by atoms with Gasteiger partial charge in [-0.3, -0.25) is 33.6 Å². The van der Waals surface area contributed by atoms with Gasteiger partial charge in [0, 0.05) is 93.6 Å². The van der Waals surface area contributed by atoms with Gasteiger partial charge in [-0.05, 0) is 136 Å². The molecular weight excluding hydrogens is 895 g/mol. The molecule has 0 aliphatic carbocycles. The minimum atomic E-state index is -0.716. The zero-order valence-electron chi connectivity index (χ0n) is 41.2. The van der Waals surface area contributed by atoms with Gasteiger partial charge >= 0.3 is 5.69 Å². The number of nitrogens with zero attached hydrogens (tertiary/aromatic N) is 5. The van der Waals surface area contributed by atoms with Crippen LogP contribution in [0.4, 0.5) is 11.4 Å². The van der Waals surface area contributed by atoms with E-state index < -0.39 is 18.1 Å². The number of imide groups is 1. The number of hydrogen-bond acceptors (Lipinski definition) is 10. The number of carbonyl (C=O) groups is 4. The highest BCUT2D eigenvalue weighted by Crippen LogP contribution is 2.32. The van der Waals surface area contributed by atoms with Crippen molar-refractivity contribution >= 4 is 56.8 Å². The average molecular weight is 962 g/mol. The van der Waals surface area contributed by atoms with Crippen LogP contribution < -0.4 is 31.9 Å². The maximum Gasteiger partial charge on any atom is 0.329 e. The summed E-state index contributed by atoms with van der Waals surface area (Å²) in [6, 6.07) is 23.1. The summed E-state index contributed by atoms with van der Waals surface area (Å²) in [5.74, 6) is 7.50. The number of rotatable bonds is 10. The molecule has 5 aliphatic heterocycles. The molecule has 4 aromatic carbocycles. The van der Waals surface area contributed by atoms with Crippen molar-refractivity contribution in [3.05, 3.63) is 106 Å². The number of likely N-dealkylation sites (tertiary alicyclic amines) is 2. The quantitative estimate of drug-likeness (QED) is 0.0922. The molecule has 0 saturated carbocycles. The monoisotopic (exact) mass is 962 g/mol. The summed E-state index contributed by atoms with van der Waals surface area (Å²) in [4.78, 5) is 72.1. The molecule has 5 saturated heterocycles. The van der Waals surface area contributed by atoms with Crippen molar-refractivity contribution in [2.24, 2.45) is 24.8 Å². The highest BCUT2D eigenvalue weighted by atomic mass is 16.3. The molecule has 5 aromatic rings. The number of aliphatic hydroxyl groups excluding tert-OH is 1. The van der Waals surface area contributed by atoms with Crippen LogP contribution in [0.2, 0.25) is 0 Å². The Balaban J connectivity index is 0.676.